The second-order valence-corrected chi connectivity index (χ2v) is 6.44. The molecule has 1 saturated heterocycles. The Morgan fingerprint density at radius 3 is 2.81 bits per heavy atom. The first-order valence-electron chi connectivity index (χ1n) is 8.54. The lowest BCUT2D eigenvalue weighted by Gasteiger charge is -2.18. The molecule has 1 aliphatic heterocycles. The lowest BCUT2D eigenvalue weighted by atomic mass is 9.99. The standard InChI is InChI=1S/C19H21N3O5/c1-13-5-3-6-14(11-13)26-10-8-20-16(23)12-22-17(24)19(2,21-18(22)25)15-7-4-9-27-15/h3-7,9,11H,8,10,12H2,1-2H3,(H,20,23)(H,21,25). The van der Waals surface area contributed by atoms with Crippen LogP contribution >= 0.6 is 0 Å². The summed E-state index contributed by atoms with van der Waals surface area (Å²) < 4.78 is 10.8. The van der Waals surface area contributed by atoms with Gasteiger partial charge in [0.1, 0.15) is 24.7 Å². The number of furan rings is 1. The fourth-order valence-electron chi connectivity index (χ4n) is 2.83. The van der Waals surface area contributed by atoms with Crippen molar-refractivity contribution in [1.82, 2.24) is 15.5 Å². The molecule has 1 unspecified atom stereocenters. The van der Waals surface area contributed by atoms with Crippen molar-refractivity contribution in [2.24, 2.45) is 0 Å². The quantitative estimate of drug-likeness (QED) is 0.568. The molecule has 1 aromatic carbocycles. The number of carbonyl (C=O) groups is 3. The summed E-state index contributed by atoms with van der Waals surface area (Å²) in [7, 11) is 0. The van der Waals surface area contributed by atoms with Gasteiger partial charge in [-0.05, 0) is 43.7 Å². The van der Waals surface area contributed by atoms with Crippen LogP contribution in [0.4, 0.5) is 4.79 Å². The third-order valence-corrected chi connectivity index (χ3v) is 4.27. The van der Waals surface area contributed by atoms with Gasteiger partial charge < -0.3 is 19.8 Å². The molecule has 0 radical (unpaired) electrons. The molecule has 2 heterocycles. The first kappa shape index (κ1) is 18.5. The van der Waals surface area contributed by atoms with E-state index >= 15 is 0 Å². The summed E-state index contributed by atoms with van der Waals surface area (Å²) in [5.74, 6) is 0.0477. The van der Waals surface area contributed by atoms with Crippen molar-refractivity contribution in [1.29, 1.82) is 0 Å². The number of nitrogens with one attached hydrogen (secondary N) is 2. The summed E-state index contributed by atoms with van der Waals surface area (Å²) in [5.41, 5.74) is -0.232. The van der Waals surface area contributed by atoms with E-state index in [2.05, 4.69) is 10.6 Å². The van der Waals surface area contributed by atoms with E-state index in [1.807, 2.05) is 31.2 Å². The maximum absolute atomic E-state index is 12.6. The fourth-order valence-corrected chi connectivity index (χ4v) is 2.83. The Labute approximate surface area is 156 Å². The van der Waals surface area contributed by atoms with E-state index in [9.17, 15) is 14.4 Å². The van der Waals surface area contributed by atoms with Crippen molar-refractivity contribution in [2.75, 3.05) is 19.7 Å². The van der Waals surface area contributed by atoms with E-state index in [0.717, 1.165) is 10.5 Å². The third-order valence-electron chi connectivity index (χ3n) is 4.27. The van der Waals surface area contributed by atoms with Crippen LogP contribution in [0.1, 0.15) is 18.2 Å². The van der Waals surface area contributed by atoms with Crippen LogP contribution in [0.2, 0.25) is 0 Å². The summed E-state index contributed by atoms with van der Waals surface area (Å²) in [6.07, 6.45) is 1.42. The van der Waals surface area contributed by atoms with Gasteiger partial charge in [-0.2, -0.15) is 0 Å². The van der Waals surface area contributed by atoms with E-state index in [1.54, 1.807) is 19.1 Å². The van der Waals surface area contributed by atoms with Crippen LogP contribution in [-0.4, -0.2) is 42.4 Å². The molecule has 0 bridgehead atoms. The van der Waals surface area contributed by atoms with Crippen molar-refractivity contribution in [3.63, 3.8) is 0 Å². The summed E-state index contributed by atoms with van der Waals surface area (Å²) in [4.78, 5) is 37.7. The molecule has 1 aliphatic rings. The van der Waals surface area contributed by atoms with Gasteiger partial charge in [0.25, 0.3) is 5.91 Å². The number of benzene rings is 1. The minimum Gasteiger partial charge on any atom is -0.492 e. The highest BCUT2D eigenvalue weighted by molar-refractivity contribution is 6.08. The van der Waals surface area contributed by atoms with Crippen molar-refractivity contribution in [3.05, 3.63) is 54.0 Å². The Morgan fingerprint density at radius 2 is 2.11 bits per heavy atom. The number of imide groups is 1. The predicted molar refractivity (Wildman–Crippen MR) is 96.0 cm³/mol. The van der Waals surface area contributed by atoms with Crippen LogP contribution in [0.25, 0.3) is 0 Å². The van der Waals surface area contributed by atoms with Gasteiger partial charge in [-0.15, -0.1) is 0 Å². The van der Waals surface area contributed by atoms with Gasteiger partial charge >= 0.3 is 6.03 Å². The largest absolute Gasteiger partial charge is 0.492 e. The molecule has 8 nitrogen and oxygen atoms in total. The maximum atomic E-state index is 12.6. The Kier molecular flexibility index (Phi) is 5.16. The van der Waals surface area contributed by atoms with Crippen LogP contribution in [0.5, 0.6) is 5.75 Å². The zero-order chi connectivity index (χ0) is 19.4. The molecule has 0 spiro atoms. The van der Waals surface area contributed by atoms with Crippen LogP contribution < -0.4 is 15.4 Å². The number of urea groups is 1. The van der Waals surface area contributed by atoms with Crippen LogP contribution in [0.15, 0.2) is 47.1 Å². The smallest absolute Gasteiger partial charge is 0.325 e. The zero-order valence-electron chi connectivity index (χ0n) is 15.2. The van der Waals surface area contributed by atoms with Gasteiger partial charge in [0.2, 0.25) is 5.91 Å². The lowest BCUT2D eigenvalue weighted by Crippen LogP contribution is -2.43. The molecule has 1 aromatic heterocycles. The number of ether oxygens (including phenoxy) is 1. The van der Waals surface area contributed by atoms with E-state index in [1.165, 1.54) is 6.26 Å². The highest BCUT2D eigenvalue weighted by Gasteiger charge is 2.51. The molecule has 27 heavy (non-hydrogen) atoms. The monoisotopic (exact) mass is 371 g/mol. The van der Waals surface area contributed by atoms with E-state index < -0.39 is 23.4 Å². The maximum Gasteiger partial charge on any atom is 0.325 e. The van der Waals surface area contributed by atoms with E-state index in [0.29, 0.717) is 11.5 Å². The molecule has 1 fully saturated rings. The van der Waals surface area contributed by atoms with Crippen LogP contribution in [0, 0.1) is 6.92 Å². The minimum absolute atomic E-state index is 0.256. The number of hydrogen-bond acceptors (Lipinski definition) is 5. The molecule has 0 aliphatic carbocycles. The van der Waals surface area contributed by atoms with Gasteiger partial charge in [0, 0.05) is 0 Å². The molecular weight excluding hydrogens is 350 g/mol. The second kappa shape index (κ2) is 7.53. The molecule has 142 valence electrons. The number of carbonyl (C=O) groups excluding carboxylic acids is 3. The highest BCUT2D eigenvalue weighted by atomic mass is 16.5. The Bertz CT molecular complexity index is 849. The Morgan fingerprint density at radius 1 is 1.30 bits per heavy atom. The SMILES string of the molecule is Cc1cccc(OCCNC(=O)CN2C(=O)NC(C)(c3ccco3)C2=O)c1. The van der Waals surface area contributed by atoms with Gasteiger partial charge in [-0.1, -0.05) is 12.1 Å². The summed E-state index contributed by atoms with van der Waals surface area (Å²) in [5, 5.41) is 5.21. The number of aryl methyl sites for hydroxylation is 1. The first-order chi connectivity index (χ1) is 12.9. The van der Waals surface area contributed by atoms with Crippen molar-refractivity contribution in [2.45, 2.75) is 19.4 Å². The second-order valence-electron chi connectivity index (χ2n) is 6.44. The topological polar surface area (TPSA) is 101 Å². The fraction of sp³-hybridized carbons (Fsp3) is 0.316. The predicted octanol–water partition coefficient (Wildman–Crippen LogP) is 1.55. The summed E-state index contributed by atoms with van der Waals surface area (Å²) in [6.45, 7) is 3.67. The number of nitrogens with zero attached hydrogens (tertiary/aromatic N) is 1. The molecule has 2 N–H and O–H groups in total. The molecule has 0 saturated carbocycles. The molecule has 8 heteroatoms. The van der Waals surface area contributed by atoms with Crippen molar-refractivity contribution in [3.8, 4) is 5.75 Å². The Balaban J connectivity index is 1.49. The number of hydrogen-bond donors (Lipinski definition) is 2. The average Bonchev–Trinajstić information content (AvgIpc) is 3.24. The van der Waals surface area contributed by atoms with Gasteiger partial charge in [0.05, 0.1) is 12.8 Å². The van der Waals surface area contributed by atoms with Gasteiger partial charge in [-0.25, -0.2) is 4.79 Å². The van der Waals surface area contributed by atoms with E-state index in [4.69, 9.17) is 9.15 Å². The first-order valence-corrected chi connectivity index (χ1v) is 8.54. The Hall–Kier alpha value is -3.29. The summed E-state index contributed by atoms with van der Waals surface area (Å²) in [6, 6.07) is 10.2. The minimum atomic E-state index is -1.31. The molecule has 4 amide bonds. The third kappa shape index (κ3) is 3.94. The van der Waals surface area contributed by atoms with E-state index in [-0.39, 0.29) is 19.7 Å². The van der Waals surface area contributed by atoms with Crippen molar-refractivity contribution >= 4 is 17.8 Å². The molecule has 1 atom stereocenters. The molecular formula is C19H21N3O5. The molecule has 2 aromatic rings. The zero-order valence-corrected chi connectivity index (χ0v) is 15.2. The van der Waals surface area contributed by atoms with Crippen molar-refractivity contribution < 1.29 is 23.5 Å². The van der Waals surface area contributed by atoms with Crippen LogP contribution in [-0.2, 0) is 15.1 Å². The van der Waals surface area contributed by atoms with Crippen LogP contribution in [0.3, 0.4) is 0 Å². The molecule has 3 rings (SSSR count). The number of amides is 4. The number of rotatable bonds is 7. The summed E-state index contributed by atoms with van der Waals surface area (Å²) >= 11 is 0. The highest BCUT2D eigenvalue weighted by Crippen LogP contribution is 2.28. The average molecular weight is 371 g/mol. The normalized spacial score (nSPS) is 19.1. The van der Waals surface area contributed by atoms with Gasteiger partial charge in [-0.3, -0.25) is 14.5 Å². The lowest BCUT2D eigenvalue weighted by molar-refractivity contribution is -0.135. The van der Waals surface area contributed by atoms with Gasteiger partial charge in [0.15, 0.2) is 5.54 Å².